The molecule has 0 bridgehead atoms. The van der Waals surface area contributed by atoms with Crippen LogP contribution in [-0.4, -0.2) is 62.2 Å². The van der Waals surface area contributed by atoms with E-state index in [1.807, 2.05) is 30.3 Å². The summed E-state index contributed by atoms with van der Waals surface area (Å²) in [6.07, 6.45) is 6.04. The van der Waals surface area contributed by atoms with Gasteiger partial charge in [0.25, 0.3) is 0 Å². The number of hydrogen-bond acceptors (Lipinski definition) is 10. The molecule has 0 spiro atoms. The van der Waals surface area contributed by atoms with E-state index in [2.05, 4.69) is 35.8 Å². The quantitative estimate of drug-likeness (QED) is 0.467. The molecule has 10 nitrogen and oxygen atoms in total. The minimum absolute atomic E-state index is 0.437. The Morgan fingerprint density at radius 2 is 1.82 bits per heavy atom. The Bertz CT molecular complexity index is 991. The summed E-state index contributed by atoms with van der Waals surface area (Å²) >= 11 is 0. The van der Waals surface area contributed by atoms with E-state index >= 15 is 0 Å². The molecule has 0 saturated carbocycles. The lowest BCUT2D eigenvalue weighted by Gasteiger charge is -2.33. The monoisotopic (exact) mass is 452 g/mol. The summed E-state index contributed by atoms with van der Waals surface area (Å²) in [6.45, 7) is 4.55. The first-order valence-electron chi connectivity index (χ1n) is 11.2. The van der Waals surface area contributed by atoms with Gasteiger partial charge in [-0.15, -0.1) is 0 Å². The predicted molar refractivity (Wildman–Crippen MR) is 128 cm³/mol. The first kappa shape index (κ1) is 22.8. The van der Waals surface area contributed by atoms with E-state index in [-0.39, 0.29) is 0 Å². The van der Waals surface area contributed by atoms with Gasteiger partial charge in [-0.3, -0.25) is 10.7 Å². The fourth-order valence-electron chi connectivity index (χ4n) is 3.93. The molecule has 0 amide bonds. The number of hydrogen-bond donors (Lipinski definition) is 4. The molecule has 0 aliphatic carbocycles. The van der Waals surface area contributed by atoms with Crippen molar-refractivity contribution in [3.8, 4) is 11.5 Å². The predicted octanol–water partition coefficient (Wildman–Crippen LogP) is 0.958. The number of guanidine groups is 2. The minimum atomic E-state index is -1.24. The number of likely N-dealkylation sites (tertiary alicyclic amines) is 1. The van der Waals surface area contributed by atoms with Crippen LogP contribution in [0.3, 0.4) is 0 Å². The normalized spacial score (nSPS) is 20.5. The Morgan fingerprint density at radius 3 is 2.55 bits per heavy atom. The van der Waals surface area contributed by atoms with Gasteiger partial charge in [-0.05, 0) is 61.8 Å². The van der Waals surface area contributed by atoms with E-state index in [4.69, 9.17) is 15.2 Å². The standard InChI is InChI=1S/C23H32N8O2/c1-32-19-6-5-18(15-20(19)33-2)23(24)29-21(26-11-14-31-12-3-4-13-31)28-22(30-23)27-16-17-7-9-25-10-8-17/h5-10,15H,3-4,11-14,16,24H2,1-2H3,(H3,26,27,28,29,30). The van der Waals surface area contributed by atoms with Crippen molar-refractivity contribution in [3.63, 3.8) is 0 Å². The largest absolute Gasteiger partial charge is 0.493 e. The zero-order valence-corrected chi connectivity index (χ0v) is 19.2. The van der Waals surface area contributed by atoms with E-state index < -0.39 is 5.79 Å². The fraction of sp³-hybridized carbons (Fsp3) is 0.435. The van der Waals surface area contributed by atoms with Crippen molar-refractivity contribution in [1.82, 2.24) is 25.8 Å². The number of aromatic nitrogens is 1. The van der Waals surface area contributed by atoms with E-state index in [0.29, 0.717) is 30.0 Å². The van der Waals surface area contributed by atoms with Crippen molar-refractivity contribution in [2.45, 2.75) is 25.2 Å². The van der Waals surface area contributed by atoms with Crippen molar-refractivity contribution in [1.29, 1.82) is 0 Å². The third-order valence-corrected chi connectivity index (χ3v) is 5.75. The van der Waals surface area contributed by atoms with Crippen LogP contribution in [-0.2, 0) is 12.3 Å². The fourth-order valence-corrected chi connectivity index (χ4v) is 3.93. The molecule has 33 heavy (non-hydrogen) atoms. The van der Waals surface area contributed by atoms with Gasteiger partial charge in [0, 0.05) is 37.6 Å². The number of rotatable bonds is 8. The summed E-state index contributed by atoms with van der Waals surface area (Å²) in [4.78, 5) is 15.8. The van der Waals surface area contributed by atoms with Crippen LogP contribution in [0.4, 0.5) is 0 Å². The van der Waals surface area contributed by atoms with E-state index in [1.54, 1.807) is 26.6 Å². The highest BCUT2D eigenvalue weighted by molar-refractivity contribution is 5.97. The average molecular weight is 453 g/mol. The smallest absolute Gasteiger partial charge is 0.225 e. The van der Waals surface area contributed by atoms with Gasteiger partial charge in [0.15, 0.2) is 11.5 Å². The van der Waals surface area contributed by atoms with Crippen LogP contribution >= 0.6 is 0 Å². The third-order valence-electron chi connectivity index (χ3n) is 5.75. The molecule has 1 aromatic carbocycles. The van der Waals surface area contributed by atoms with Crippen LogP contribution in [0.25, 0.3) is 0 Å². The topological polar surface area (TPSA) is 121 Å². The number of benzene rings is 1. The second kappa shape index (κ2) is 10.5. The van der Waals surface area contributed by atoms with Crippen molar-refractivity contribution in [2.75, 3.05) is 40.4 Å². The summed E-state index contributed by atoms with van der Waals surface area (Å²) in [5.74, 6) is 0.968. The first-order chi connectivity index (χ1) is 16.1. The van der Waals surface area contributed by atoms with Crippen LogP contribution in [0.15, 0.2) is 52.7 Å². The molecule has 1 fully saturated rings. The molecular weight excluding hydrogens is 420 g/mol. The third kappa shape index (κ3) is 5.71. The summed E-state index contributed by atoms with van der Waals surface area (Å²) in [7, 11) is 3.19. The van der Waals surface area contributed by atoms with Gasteiger partial charge in [0.2, 0.25) is 17.7 Å². The maximum Gasteiger partial charge on any atom is 0.225 e. The zero-order chi connectivity index (χ0) is 23.1. The minimum Gasteiger partial charge on any atom is -0.493 e. The van der Waals surface area contributed by atoms with Gasteiger partial charge >= 0.3 is 0 Å². The maximum atomic E-state index is 6.76. The molecule has 1 aromatic heterocycles. The molecule has 0 radical (unpaired) electrons. The Morgan fingerprint density at radius 1 is 1.06 bits per heavy atom. The molecule has 2 aromatic rings. The van der Waals surface area contributed by atoms with Gasteiger partial charge in [0.1, 0.15) is 0 Å². The summed E-state index contributed by atoms with van der Waals surface area (Å²) in [6, 6.07) is 9.39. The van der Waals surface area contributed by atoms with Crippen molar-refractivity contribution < 1.29 is 9.47 Å². The van der Waals surface area contributed by atoms with E-state index in [1.165, 1.54) is 12.8 Å². The molecule has 5 N–H and O–H groups in total. The molecule has 1 unspecified atom stereocenters. The van der Waals surface area contributed by atoms with Gasteiger partial charge in [-0.1, -0.05) is 0 Å². The van der Waals surface area contributed by atoms with Gasteiger partial charge in [0.05, 0.1) is 14.2 Å². The Labute approximate surface area is 194 Å². The van der Waals surface area contributed by atoms with Crippen molar-refractivity contribution in [2.24, 2.45) is 15.7 Å². The molecule has 176 valence electrons. The number of nitrogens with one attached hydrogen (secondary N) is 3. The van der Waals surface area contributed by atoms with Crippen LogP contribution in [0.1, 0.15) is 24.0 Å². The lowest BCUT2D eigenvalue weighted by atomic mass is 10.1. The van der Waals surface area contributed by atoms with Crippen LogP contribution in [0.5, 0.6) is 11.5 Å². The number of nitrogens with two attached hydrogens (primary N) is 1. The SMILES string of the molecule is COc1ccc(C2(N)N=C(NCc3ccncc3)N=C(NCCN3CCCC3)N2)cc1OC. The average Bonchev–Trinajstić information content (AvgIpc) is 3.36. The van der Waals surface area contributed by atoms with Crippen LogP contribution < -0.4 is 31.2 Å². The lowest BCUT2D eigenvalue weighted by molar-refractivity contribution is 0.340. The second-order valence-electron chi connectivity index (χ2n) is 8.04. The highest BCUT2D eigenvalue weighted by atomic mass is 16.5. The molecule has 4 rings (SSSR count). The Hall–Kier alpha value is -3.37. The number of methoxy groups -OCH3 is 2. The van der Waals surface area contributed by atoms with E-state index in [0.717, 1.165) is 37.3 Å². The molecule has 10 heteroatoms. The number of ether oxygens (including phenoxy) is 2. The molecule has 3 heterocycles. The highest BCUT2D eigenvalue weighted by Crippen LogP contribution is 2.31. The lowest BCUT2D eigenvalue weighted by Crippen LogP contribution is -2.59. The highest BCUT2D eigenvalue weighted by Gasteiger charge is 2.33. The summed E-state index contributed by atoms with van der Waals surface area (Å²) < 4.78 is 10.8. The number of aliphatic imine (C=N–C) groups is 2. The molecule has 2 aliphatic rings. The second-order valence-corrected chi connectivity index (χ2v) is 8.04. The molecular formula is C23H32N8O2. The van der Waals surface area contributed by atoms with Crippen molar-refractivity contribution in [3.05, 3.63) is 53.9 Å². The Balaban J connectivity index is 1.54. The zero-order valence-electron chi connectivity index (χ0n) is 19.2. The maximum absolute atomic E-state index is 6.76. The molecule has 1 saturated heterocycles. The molecule has 1 atom stereocenters. The first-order valence-corrected chi connectivity index (χ1v) is 11.2. The van der Waals surface area contributed by atoms with Gasteiger partial charge < -0.3 is 30.3 Å². The summed E-state index contributed by atoms with van der Waals surface area (Å²) in [5.41, 5.74) is 8.55. The van der Waals surface area contributed by atoms with Gasteiger partial charge in [-0.2, -0.15) is 4.99 Å². The molecule has 2 aliphatic heterocycles. The van der Waals surface area contributed by atoms with Crippen LogP contribution in [0.2, 0.25) is 0 Å². The van der Waals surface area contributed by atoms with Crippen molar-refractivity contribution >= 4 is 11.9 Å². The van der Waals surface area contributed by atoms with Crippen LogP contribution in [0, 0.1) is 0 Å². The summed E-state index contributed by atoms with van der Waals surface area (Å²) in [5, 5.41) is 9.92. The Kier molecular flexibility index (Phi) is 7.26. The van der Waals surface area contributed by atoms with E-state index in [9.17, 15) is 0 Å². The number of pyridine rings is 1. The number of nitrogens with zero attached hydrogens (tertiary/aromatic N) is 4. The van der Waals surface area contributed by atoms with Gasteiger partial charge in [-0.25, -0.2) is 4.99 Å².